The Hall–Kier alpha value is -2.37. The van der Waals surface area contributed by atoms with Crippen molar-refractivity contribution in [2.45, 2.75) is 45.3 Å². The summed E-state index contributed by atoms with van der Waals surface area (Å²) in [5.41, 5.74) is 2.08. The van der Waals surface area contributed by atoms with E-state index in [4.69, 9.17) is 5.11 Å². The molecule has 0 aliphatic carbocycles. The minimum absolute atomic E-state index is 0.0799. The predicted molar refractivity (Wildman–Crippen MR) is 80.0 cm³/mol. The highest BCUT2D eigenvalue weighted by Crippen LogP contribution is 2.22. The van der Waals surface area contributed by atoms with Crippen molar-refractivity contribution >= 4 is 17.8 Å². The highest BCUT2D eigenvalue weighted by atomic mass is 16.4. The molecule has 6 heteroatoms. The Morgan fingerprint density at radius 1 is 1.36 bits per heavy atom. The number of benzene rings is 1. The van der Waals surface area contributed by atoms with E-state index in [1.165, 1.54) is 11.8 Å². The number of carboxylic acids is 1. The maximum absolute atomic E-state index is 12.2. The van der Waals surface area contributed by atoms with E-state index in [1.54, 1.807) is 0 Å². The average Bonchev–Trinajstić information content (AvgIpc) is 2.82. The van der Waals surface area contributed by atoms with Crippen LogP contribution in [0.3, 0.4) is 0 Å². The summed E-state index contributed by atoms with van der Waals surface area (Å²) in [6.45, 7) is 3.74. The molecule has 1 aliphatic rings. The van der Waals surface area contributed by atoms with Gasteiger partial charge >= 0.3 is 5.97 Å². The normalized spacial score (nSPS) is 19.1. The van der Waals surface area contributed by atoms with Gasteiger partial charge in [0, 0.05) is 13.0 Å². The van der Waals surface area contributed by atoms with Gasteiger partial charge < -0.3 is 15.3 Å². The van der Waals surface area contributed by atoms with Crippen molar-refractivity contribution in [3.8, 4) is 0 Å². The molecule has 0 radical (unpaired) electrons. The zero-order valence-corrected chi connectivity index (χ0v) is 12.7. The molecule has 0 bridgehead atoms. The molecule has 6 nitrogen and oxygen atoms in total. The third-order valence-corrected chi connectivity index (χ3v) is 3.83. The van der Waals surface area contributed by atoms with Gasteiger partial charge in [-0.3, -0.25) is 14.4 Å². The molecule has 2 atom stereocenters. The molecule has 0 spiro atoms. The van der Waals surface area contributed by atoms with Gasteiger partial charge in [0.25, 0.3) is 0 Å². The maximum atomic E-state index is 12.2. The minimum Gasteiger partial charge on any atom is -0.480 e. The SMILES string of the molecule is Cc1ccc(CN2C(=O)CCC2C(=O)N[C@H](C)C(=O)O)cc1. The highest BCUT2D eigenvalue weighted by Gasteiger charge is 2.36. The monoisotopic (exact) mass is 304 g/mol. The van der Waals surface area contributed by atoms with E-state index < -0.39 is 24.0 Å². The molecule has 1 saturated heterocycles. The number of likely N-dealkylation sites (tertiary alicyclic amines) is 1. The van der Waals surface area contributed by atoms with Gasteiger partial charge in [-0.1, -0.05) is 29.8 Å². The van der Waals surface area contributed by atoms with Crippen LogP contribution in [-0.2, 0) is 20.9 Å². The molecule has 2 amide bonds. The lowest BCUT2D eigenvalue weighted by atomic mass is 10.1. The molecule has 1 unspecified atom stereocenters. The molecule has 2 N–H and O–H groups in total. The van der Waals surface area contributed by atoms with Crippen molar-refractivity contribution in [2.75, 3.05) is 0 Å². The van der Waals surface area contributed by atoms with Crippen molar-refractivity contribution in [3.63, 3.8) is 0 Å². The van der Waals surface area contributed by atoms with E-state index in [0.29, 0.717) is 19.4 Å². The molecule has 0 aromatic heterocycles. The van der Waals surface area contributed by atoms with Crippen LogP contribution in [0.1, 0.15) is 30.9 Å². The van der Waals surface area contributed by atoms with Crippen LogP contribution in [0.15, 0.2) is 24.3 Å². The van der Waals surface area contributed by atoms with Crippen LogP contribution in [-0.4, -0.2) is 39.9 Å². The molecule has 0 saturated carbocycles. The van der Waals surface area contributed by atoms with Crippen molar-refractivity contribution in [3.05, 3.63) is 35.4 Å². The Kier molecular flexibility index (Phi) is 4.80. The first-order valence-electron chi connectivity index (χ1n) is 7.26. The fourth-order valence-electron chi connectivity index (χ4n) is 2.47. The fourth-order valence-corrected chi connectivity index (χ4v) is 2.47. The van der Waals surface area contributed by atoms with E-state index in [1.807, 2.05) is 31.2 Å². The maximum Gasteiger partial charge on any atom is 0.325 e. The Balaban J connectivity index is 2.07. The lowest BCUT2D eigenvalue weighted by Gasteiger charge is -2.25. The van der Waals surface area contributed by atoms with Crippen molar-refractivity contribution < 1.29 is 19.5 Å². The largest absolute Gasteiger partial charge is 0.480 e. The number of carbonyl (C=O) groups is 3. The topological polar surface area (TPSA) is 86.7 Å². The zero-order valence-electron chi connectivity index (χ0n) is 12.7. The van der Waals surface area contributed by atoms with Crippen LogP contribution in [0.4, 0.5) is 0 Å². The first-order chi connectivity index (χ1) is 10.4. The molecular formula is C16H20N2O4. The van der Waals surface area contributed by atoms with Gasteiger partial charge in [0.2, 0.25) is 11.8 Å². The second-order valence-electron chi connectivity index (χ2n) is 5.63. The standard InChI is InChI=1S/C16H20N2O4/c1-10-3-5-12(6-4-10)9-18-13(7-8-14(18)19)15(20)17-11(2)16(21)22/h3-6,11,13H,7-9H2,1-2H3,(H,17,20)(H,21,22)/t11-,13?/m1/s1. The quantitative estimate of drug-likeness (QED) is 0.852. The second kappa shape index (κ2) is 6.60. The predicted octanol–water partition coefficient (Wildman–Crippen LogP) is 1.08. The molecule has 118 valence electrons. The number of carbonyl (C=O) groups excluding carboxylic acids is 2. The Bertz CT molecular complexity index is 582. The molecule has 22 heavy (non-hydrogen) atoms. The highest BCUT2D eigenvalue weighted by molar-refractivity contribution is 5.92. The van der Waals surface area contributed by atoms with Crippen LogP contribution >= 0.6 is 0 Å². The van der Waals surface area contributed by atoms with E-state index in [9.17, 15) is 14.4 Å². The van der Waals surface area contributed by atoms with E-state index in [2.05, 4.69) is 5.32 Å². The summed E-state index contributed by atoms with van der Waals surface area (Å²) in [4.78, 5) is 36.5. The summed E-state index contributed by atoms with van der Waals surface area (Å²) in [7, 11) is 0. The molecule has 1 heterocycles. The third kappa shape index (κ3) is 3.63. The number of nitrogens with one attached hydrogen (secondary N) is 1. The smallest absolute Gasteiger partial charge is 0.325 e. The van der Waals surface area contributed by atoms with Crippen LogP contribution in [0.25, 0.3) is 0 Å². The minimum atomic E-state index is -1.09. The molecule has 1 fully saturated rings. The van der Waals surface area contributed by atoms with Gasteiger partial charge in [-0.05, 0) is 25.8 Å². The average molecular weight is 304 g/mol. The van der Waals surface area contributed by atoms with Gasteiger partial charge in [-0.2, -0.15) is 0 Å². The van der Waals surface area contributed by atoms with Gasteiger partial charge in [0.05, 0.1) is 0 Å². The number of aliphatic carboxylic acids is 1. The summed E-state index contributed by atoms with van der Waals surface area (Å²) in [5.74, 6) is -1.58. The second-order valence-corrected chi connectivity index (χ2v) is 5.63. The fraction of sp³-hybridized carbons (Fsp3) is 0.438. The number of amides is 2. The Morgan fingerprint density at radius 3 is 2.59 bits per heavy atom. The first kappa shape index (κ1) is 16.0. The molecule has 1 aromatic rings. The van der Waals surface area contributed by atoms with Gasteiger partial charge in [-0.15, -0.1) is 0 Å². The molecule has 2 rings (SSSR count). The van der Waals surface area contributed by atoms with Crippen molar-refractivity contribution in [1.29, 1.82) is 0 Å². The van der Waals surface area contributed by atoms with Crippen molar-refractivity contribution in [2.24, 2.45) is 0 Å². The van der Waals surface area contributed by atoms with Crippen LogP contribution in [0.5, 0.6) is 0 Å². The lowest BCUT2D eigenvalue weighted by Crippen LogP contribution is -2.48. The Labute approximate surface area is 129 Å². The number of hydrogen-bond acceptors (Lipinski definition) is 3. The van der Waals surface area contributed by atoms with Crippen LogP contribution in [0, 0.1) is 6.92 Å². The summed E-state index contributed by atoms with van der Waals surface area (Å²) in [6.07, 6.45) is 0.730. The summed E-state index contributed by atoms with van der Waals surface area (Å²) >= 11 is 0. The first-order valence-corrected chi connectivity index (χ1v) is 7.26. The molecule has 1 aromatic carbocycles. The van der Waals surface area contributed by atoms with Crippen molar-refractivity contribution in [1.82, 2.24) is 10.2 Å². The summed E-state index contributed by atoms with van der Waals surface area (Å²) in [6, 6.07) is 6.19. The van der Waals surface area contributed by atoms with E-state index in [0.717, 1.165) is 11.1 Å². The number of nitrogens with zero attached hydrogens (tertiary/aromatic N) is 1. The lowest BCUT2D eigenvalue weighted by molar-refractivity contribution is -0.142. The van der Waals surface area contributed by atoms with Gasteiger partial charge in [0.1, 0.15) is 12.1 Å². The number of aryl methyl sites for hydroxylation is 1. The van der Waals surface area contributed by atoms with Gasteiger partial charge in [0.15, 0.2) is 0 Å². The zero-order chi connectivity index (χ0) is 16.3. The number of hydrogen-bond donors (Lipinski definition) is 2. The summed E-state index contributed by atoms with van der Waals surface area (Å²) in [5, 5.41) is 11.3. The van der Waals surface area contributed by atoms with E-state index in [-0.39, 0.29) is 5.91 Å². The number of carboxylic acid groups (broad SMARTS) is 1. The van der Waals surface area contributed by atoms with Crippen LogP contribution < -0.4 is 5.32 Å². The van der Waals surface area contributed by atoms with E-state index >= 15 is 0 Å². The van der Waals surface area contributed by atoms with Gasteiger partial charge in [-0.25, -0.2) is 0 Å². The molecular weight excluding hydrogens is 284 g/mol. The van der Waals surface area contributed by atoms with Crippen LogP contribution in [0.2, 0.25) is 0 Å². The third-order valence-electron chi connectivity index (χ3n) is 3.83. The molecule has 1 aliphatic heterocycles. The summed E-state index contributed by atoms with van der Waals surface area (Å²) < 4.78 is 0. The Morgan fingerprint density at radius 2 is 2.00 bits per heavy atom. The number of rotatable bonds is 5.